The van der Waals surface area contributed by atoms with Crippen molar-refractivity contribution < 1.29 is 9.90 Å². The summed E-state index contributed by atoms with van der Waals surface area (Å²) in [5.74, 6) is 0.499. The minimum absolute atomic E-state index is 0.102. The van der Waals surface area contributed by atoms with Crippen LogP contribution in [0.3, 0.4) is 0 Å². The number of benzene rings is 1. The predicted molar refractivity (Wildman–Crippen MR) is 82.6 cm³/mol. The number of carbonyl (C=O) groups is 1. The Labute approximate surface area is 122 Å². The quantitative estimate of drug-likeness (QED) is 0.729. The van der Waals surface area contributed by atoms with Gasteiger partial charge in [-0.05, 0) is 37.7 Å². The van der Waals surface area contributed by atoms with Gasteiger partial charge in [0.1, 0.15) is 0 Å². The van der Waals surface area contributed by atoms with Crippen LogP contribution in [-0.4, -0.2) is 24.2 Å². The molecule has 1 rings (SSSR count). The van der Waals surface area contributed by atoms with Gasteiger partial charge in [0.15, 0.2) is 0 Å². The third kappa shape index (κ3) is 6.71. The first-order chi connectivity index (χ1) is 9.65. The Bertz CT molecular complexity index is 398. The van der Waals surface area contributed by atoms with Crippen molar-refractivity contribution in [1.29, 1.82) is 0 Å². The molecular weight excluding hydrogens is 250 g/mol. The number of hydrogen-bond acceptors (Lipinski definition) is 2. The van der Waals surface area contributed by atoms with Gasteiger partial charge in [0.05, 0.1) is 0 Å². The fraction of sp³-hybridized carbons (Fsp3) is 0.588. The molecule has 0 aliphatic heterocycles. The molecule has 1 amide bonds. The molecule has 0 bridgehead atoms. The Morgan fingerprint density at radius 2 is 2.15 bits per heavy atom. The number of aryl methyl sites for hydroxylation is 2. The first-order valence-electron chi connectivity index (χ1n) is 7.58. The molecule has 1 unspecified atom stereocenters. The van der Waals surface area contributed by atoms with E-state index in [-0.39, 0.29) is 12.5 Å². The second-order valence-electron chi connectivity index (χ2n) is 5.46. The van der Waals surface area contributed by atoms with Gasteiger partial charge in [0, 0.05) is 19.6 Å². The predicted octanol–water partition coefficient (Wildman–Crippen LogP) is 2.84. The van der Waals surface area contributed by atoms with Crippen molar-refractivity contribution in [3.05, 3.63) is 35.4 Å². The van der Waals surface area contributed by atoms with E-state index in [9.17, 15) is 4.79 Å². The standard InChI is InChI=1S/C17H27NO2/c1-3-5-16(10-11-19)13-18-17(20)9-8-15-7-4-6-14(2)12-15/h4,6-7,12,16,19H,3,5,8-11,13H2,1-2H3,(H,18,20). The van der Waals surface area contributed by atoms with Crippen LogP contribution >= 0.6 is 0 Å². The third-order valence-corrected chi connectivity index (χ3v) is 3.55. The summed E-state index contributed by atoms with van der Waals surface area (Å²) in [7, 11) is 0. The fourth-order valence-corrected chi connectivity index (χ4v) is 2.41. The lowest BCUT2D eigenvalue weighted by atomic mass is 10.00. The average Bonchev–Trinajstić information content (AvgIpc) is 2.43. The molecule has 0 spiro atoms. The Balaban J connectivity index is 2.29. The van der Waals surface area contributed by atoms with Gasteiger partial charge in [-0.1, -0.05) is 43.2 Å². The summed E-state index contributed by atoms with van der Waals surface area (Å²) < 4.78 is 0. The van der Waals surface area contributed by atoms with Crippen LogP contribution in [0.4, 0.5) is 0 Å². The zero-order valence-electron chi connectivity index (χ0n) is 12.7. The van der Waals surface area contributed by atoms with E-state index in [0.29, 0.717) is 18.9 Å². The Kier molecular flexibility index (Phi) is 7.97. The summed E-state index contributed by atoms with van der Waals surface area (Å²) in [5, 5.41) is 12.0. The van der Waals surface area contributed by atoms with Crippen LogP contribution in [0.15, 0.2) is 24.3 Å². The maximum absolute atomic E-state index is 11.8. The average molecular weight is 277 g/mol. The van der Waals surface area contributed by atoms with Gasteiger partial charge in [0.2, 0.25) is 5.91 Å². The highest BCUT2D eigenvalue weighted by Crippen LogP contribution is 2.10. The number of carbonyl (C=O) groups excluding carboxylic acids is 1. The summed E-state index contributed by atoms with van der Waals surface area (Å²) in [4.78, 5) is 11.8. The Morgan fingerprint density at radius 3 is 2.80 bits per heavy atom. The van der Waals surface area contributed by atoms with E-state index >= 15 is 0 Å². The van der Waals surface area contributed by atoms with Crippen molar-refractivity contribution in [2.75, 3.05) is 13.2 Å². The van der Waals surface area contributed by atoms with Gasteiger partial charge < -0.3 is 10.4 Å². The van der Waals surface area contributed by atoms with E-state index in [1.165, 1.54) is 11.1 Å². The van der Waals surface area contributed by atoms with Crippen LogP contribution < -0.4 is 5.32 Å². The largest absolute Gasteiger partial charge is 0.396 e. The van der Waals surface area contributed by atoms with Crippen LogP contribution in [-0.2, 0) is 11.2 Å². The van der Waals surface area contributed by atoms with E-state index in [0.717, 1.165) is 25.7 Å². The molecule has 20 heavy (non-hydrogen) atoms. The smallest absolute Gasteiger partial charge is 0.220 e. The molecule has 0 fully saturated rings. The van der Waals surface area contributed by atoms with E-state index in [4.69, 9.17) is 5.11 Å². The third-order valence-electron chi connectivity index (χ3n) is 3.55. The molecule has 112 valence electrons. The zero-order chi connectivity index (χ0) is 14.8. The first-order valence-corrected chi connectivity index (χ1v) is 7.58. The molecule has 0 aromatic heterocycles. The second kappa shape index (κ2) is 9.54. The summed E-state index contributed by atoms with van der Waals surface area (Å²) in [6, 6.07) is 8.28. The number of aliphatic hydroxyl groups excluding tert-OH is 1. The maximum atomic E-state index is 11.8. The lowest BCUT2D eigenvalue weighted by Crippen LogP contribution is -2.29. The molecular formula is C17H27NO2. The molecule has 0 saturated carbocycles. The molecule has 2 N–H and O–H groups in total. The van der Waals surface area contributed by atoms with Crippen LogP contribution in [0.2, 0.25) is 0 Å². The van der Waals surface area contributed by atoms with Gasteiger partial charge in [-0.2, -0.15) is 0 Å². The van der Waals surface area contributed by atoms with Crippen LogP contribution in [0.5, 0.6) is 0 Å². The van der Waals surface area contributed by atoms with E-state index in [2.05, 4.69) is 37.4 Å². The Hall–Kier alpha value is -1.35. The van der Waals surface area contributed by atoms with Crippen molar-refractivity contribution in [3.8, 4) is 0 Å². The Morgan fingerprint density at radius 1 is 1.35 bits per heavy atom. The summed E-state index contributed by atoms with van der Waals surface area (Å²) >= 11 is 0. The van der Waals surface area contributed by atoms with Crippen molar-refractivity contribution in [2.45, 2.75) is 46.0 Å². The van der Waals surface area contributed by atoms with E-state index in [1.54, 1.807) is 0 Å². The molecule has 1 aromatic rings. The summed E-state index contributed by atoms with van der Waals surface area (Å²) in [6.07, 6.45) is 4.22. The van der Waals surface area contributed by atoms with E-state index in [1.807, 2.05) is 6.07 Å². The van der Waals surface area contributed by atoms with Crippen molar-refractivity contribution >= 4 is 5.91 Å². The topological polar surface area (TPSA) is 49.3 Å². The SMILES string of the molecule is CCCC(CCO)CNC(=O)CCc1cccc(C)c1. The van der Waals surface area contributed by atoms with E-state index < -0.39 is 0 Å². The number of hydrogen-bond donors (Lipinski definition) is 2. The molecule has 0 radical (unpaired) electrons. The zero-order valence-corrected chi connectivity index (χ0v) is 12.7. The number of aliphatic hydroxyl groups is 1. The molecule has 1 aromatic carbocycles. The van der Waals surface area contributed by atoms with Crippen molar-refractivity contribution in [1.82, 2.24) is 5.32 Å². The van der Waals surface area contributed by atoms with Crippen molar-refractivity contribution in [3.63, 3.8) is 0 Å². The maximum Gasteiger partial charge on any atom is 0.220 e. The second-order valence-corrected chi connectivity index (χ2v) is 5.46. The van der Waals surface area contributed by atoms with Crippen molar-refractivity contribution in [2.24, 2.45) is 5.92 Å². The van der Waals surface area contributed by atoms with Crippen LogP contribution in [0, 0.1) is 12.8 Å². The highest BCUT2D eigenvalue weighted by atomic mass is 16.3. The summed E-state index contributed by atoms with van der Waals surface area (Å²) in [6.45, 7) is 5.07. The molecule has 0 aliphatic rings. The molecule has 0 heterocycles. The minimum atomic E-state index is 0.102. The van der Waals surface area contributed by atoms with Gasteiger partial charge in [-0.15, -0.1) is 0 Å². The number of rotatable bonds is 9. The van der Waals surface area contributed by atoms with Gasteiger partial charge >= 0.3 is 0 Å². The molecule has 3 nitrogen and oxygen atoms in total. The van der Waals surface area contributed by atoms with Crippen LogP contribution in [0.25, 0.3) is 0 Å². The lowest BCUT2D eigenvalue weighted by Gasteiger charge is -2.15. The first kappa shape index (κ1) is 16.7. The fourth-order valence-electron chi connectivity index (χ4n) is 2.41. The molecule has 1 atom stereocenters. The van der Waals surface area contributed by atoms with Gasteiger partial charge in [-0.25, -0.2) is 0 Å². The normalized spacial score (nSPS) is 12.2. The number of nitrogens with one attached hydrogen (secondary N) is 1. The highest BCUT2D eigenvalue weighted by Gasteiger charge is 2.09. The van der Waals surface area contributed by atoms with Crippen LogP contribution in [0.1, 0.15) is 43.7 Å². The molecule has 3 heteroatoms. The molecule has 0 aliphatic carbocycles. The number of amides is 1. The van der Waals surface area contributed by atoms with Gasteiger partial charge in [-0.3, -0.25) is 4.79 Å². The lowest BCUT2D eigenvalue weighted by molar-refractivity contribution is -0.121. The van der Waals surface area contributed by atoms with Gasteiger partial charge in [0.25, 0.3) is 0 Å². The summed E-state index contributed by atoms with van der Waals surface area (Å²) in [5.41, 5.74) is 2.44. The monoisotopic (exact) mass is 277 g/mol. The molecule has 0 saturated heterocycles. The highest BCUT2D eigenvalue weighted by molar-refractivity contribution is 5.76. The minimum Gasteiger partial charge on any atom is -0.396 e.